The van der Waals surface area contributed by atoms with Crippen LogP contribution in [0.4, 0.5) is 0 Å². The molecule has 17 heavy (non-hydrogen) atoms. The summed E-state index contributed by atoms with van der Waals surface area (Å²) in [6, 6.07) is 2.70. The number of hydrogen-bond acceptors (Lipinski definition) is 6. The van der Waals surface area contributed by atoms with Crippen LogP contribution in [-0.2, 0) is 20.8 Å². The summed E-state index contributed by atoms with van der Waals surface area (Å²) in [6.07, 6.45) is 0.758. The van der Waals surface area contributed by atoms with Gasteiger partial charge in [0.05, 0.1) is 6.26 Å². The SMILES string of the molecule is CS(=O)(=O)OC(=O)c1ccc(CN=C(N)N)o1. The number of rotatable bonds is 4. The van der Waals surface area contributed by atoms with Gasteiger partial charge in [-0.25, -0.2) is 9.79 Å². The lowest BCUT2D eigenvalue weighted by Crippen LogP contribution is -2.22. The van der Waals surface area contributed by atoms with E-state index in [0.29, 0.717) is 5.76 Å². The molecule has 0 unspecified atom stereocenters. The van der Waals surface area contributed by atoms with Crippen molar-refractivity contribution < 1.29 is 21.8 Å². The number of nitrogens with zero attached hydrogens (tertiary/aromatic N) is 1. The van der Waals surface area contributed by atoms with Crippen molar-refractivity contribution in [3.05, 3.63) is 23.7 Å². The van der Waals surface area contributed by atoms with Gasteiger partial charge in [-0.15, -0.1) is 0 Å². The Hall–Kier alpha value is -2.03. The summed E-state index contributed by atoms with van der Waals surface area (Å²) in [5, 5.41) is 0. The second-order valence-electron chi connectivity index (χ2n) is 3.08. The molecule has 0 aliphatic rings. The molecule has 8 nitrogen and oxygen atoms in total. The molecule has 0 atom stereocenters. The Labute approximate surface area is 97.4 Å². The van der Waals surface area contributed by atoms with Crippen molar-refractivity contribution in [2.75, 3.05) is 6.26 Å². The van der Waals surface area contributed by atoms with Crippen molar-refractivity contribution in [1.82, 2.24) is 0 Å². The van der Waals surface area contributed by atoms with Gasteiger partial charge in [-0.2, -0.15) is 8.42 Å². The lowest BCUT2D eigenvalue weighted by molar-refractivity contribution is 0.0713. The molecule has 0 saturated heterocycles. The first-order valence-corrected chi connectivity index (χ1v) is 6.17. The van der Waals surface area contributed by atoms with Crippen molar-refractivity contribution in [3.8, 4) is 0 Å². The second kappa shape index (κ2) is 4.87. The minimum absolute atomic E-state index is 0.0501. The Bertz CT molecular complexity index is 541. The van der Waals surface area contributed by atoms with Gasteiger partial charge in [0.25, 0.3) is 0 Å². The summed E-state index contributed by atoms with van der Waals surface area (Å²) in [7, 11) is -3.87. The minimum Gasteiger partial charge on any atom is -0.452 e. The van der Waals surface area contributed by atoms with Crippen LogP contribution in [0.5, 0.6) is 0 Å². The number of guanidine groups is 1. The maximum absolute atomic E-state index is 11.2. The summed E-state index contributed by atoms with van der Waals surface area (Å²) in [5.41, 5.74) is 10.2. The van der Waals surface area contributed by atoms with Crippen LogP contribution in [-0.4, -0.2) is 26.6 Å². The molecule has 0 fully saturated rings. The van der Waals surface area contributed by atoms with Crippen LogP contribution in [0.25, 0.3) is 0 Å². The molecule has 1 aromatic rings. The molecule has 1 aromatic heterocycles. The third-order valence-electron chi connectivity index (χ3n) is 1.51. The number of nitrogens with two attached hydrogens (primary N) is 2. The fourth-order valence-corrected chi connectivity index (χ4v) is 1.28. The van der Waals surface area contributed by atoms with Gasteiger partial charge in [0.15, 0.2) is 5.96 Å². The summed E-state index contributed by atoms with van der Waals surface area (Å²) in [4.78, 5) is 14.9. The molecular weight excluding hydrogens is 250 g/mol. The molecule has 0 bridgehead atoms. The molecule has 94 valence electrons. The molecule has 0 spiro atoms. The fraction of sp³-hybridized carbons (Fsp3) is 0.250. The van der Waals surface area contributed by atoms with Gasteiger partial charge in [0.2, 0.25) is 5.76 Å². The van der Waals surface area contributed by atoms with Crippen LogP contribution in [0.1, 0.15) is 16.3 Å². The maximum Gasteiger partial charge on any atom is 0.389 e. The lowest BCUT2D eigenvalue weighted by Gasteiger charge is -1.97. The van der Waals surface area contributed by atoms with E-state index >= 15 is 0 Å². The van der Waals surface area contributed by atoms with E-state index in [1.807, 2.05) is 0 Å². The monoisotopic (exact) mass is 261 g/mol. The Morgan fingerprint density at radius 3 is 2.65 bits per heavy atom. The number of hydrogen-bond donors (Lipinski definition) is 2. The average Bonchev–Trinajstić information content (AvgIpc) is 2.60. The van der Waals surface area contributed by atoms with E-state index in [1.54, 1.807) is 0 Å². The number of carbonyl (C=O) groups excluding carboxylic acids is 1. The van der Waals surface area contributed by atoms with Crippen molar-refractivity contribution in [3.63, 3.8) is 0 Å². The first kappa shape index (κ1) is 13.0. The topological polar surface area (TPSA) is 138 Å². The van der Waals surface area contributed by atoms with Crippen LogP contribution in [0, 0.1) is 0 Å². The average molecular weight is 261 g/mol. The molecule has 0 radical (unpaired) electrons. The van der Waals surface area contributed by atoms with Crippen LogP contribution in [0.3, 0.4) is 0 Å². The van der Waals surface area contributed by atoms with E-state index in [-0.39, 0.29) is 18.3 Å². The summed E-state index contributed by atoms with van der Waals surface area (Å²) >= 11 is 0. The fourth-order valence-electron chi connectivity index (χ4n) is 0.920. The normalized spacial score (nSPS) is 10.9. The third-order valence-corrected chi connectivity index (χ3v) is 1.96. The standard InChI is InChI=1S/C8H11N3O5S/c1-17(13,14)16-7(12)6-3-2-5(15-6)4-11-8(9)10/h2-3H,4H2,1H3,(H4,9,10,11). The summed E-state index contributed by atoms with van der Waals surface area (Å²) in [6.45, 7) is 0.0501. The molecule has 0 saturated carbocycles. The van der Waals surface area contributed by atoms with Crippen LogP contribution in [0.2, 0.25) is 0 Å². The number of aliphatic imine (C=N–C) groups is 1. The van der Waals surface area contributed by atoms with Gasteiger partial charge in [0, 0.05) is 0 Å². The Kier molecular flexibility index (Phi) is 3.73. The predicted octanol–water partition coefficient (Wildman–Crippen LogP) is -0.831. The first-order valence-electron chi connectivity index (χ1n) is 4.36. The molecule has 1 rings (SSSR count). The Morgan fingerprint density at radius 1 is 1.47 bits per heavy atom. The van der Waals surface area contributed by atoms with E-state index in [1.165, 1.54) is 12.1 Å². The van der Waals surface area contributed by atoms with E-state index in [2.05, 4.69) is 9.18 Å². The molecule has 1 heterocycles. The maximum atomic E-state index is 11.2. The molecule has 9 heteroatoms. The Morgan fingerprint density at radius 2 is 2.12 bits per heavy atom. The largest absolute Gasteiger partial charge is 0.452 e. The number of carbonyl (C=O) groups is 1. The third kappa shape index (κ3) is 4.55. The van der Waals surface area contributed by atoms with Gasteiger partial charge in [-0.1, -0.05) is 0 Å². The van der Waals surface area contributed by atoms with Crippen molar-refractivity contribution in [2.24, 2.45) is 16.5 Å². The van der Waals surface area contributed by atoms with Crippen LogP contribution >= 0.6 is 0 Å². The highest BCUT2D eigenvalue weighted by Gasteiger charge is 2.17. The highest BCUT2D eigenvalue weighted by atomic mass is 32.2. The second-order valence-corrected chi connectivity index (χ2v) is 4.66. The number of furan rings is 1. The van der Waals surface area contributed by atoms with Gasteiger partial charge in [0.1, 0.15) is 12.3 Å². The first-order chi connectivity index (χ1) is 7.78. The van der Waals surface area contributed by atoms with E-state index in [4.69, 9.17) is 15.9 Å². The highest BCUT2D eigenvalue weighted by molar-refractivity contribution is 7.86. The van der Waals surface area contributed by atoms with E-state index < -0.39 is 16.1 Å². The molecule has 0 aliphatic heterocycles. The van der Waals surface area contributed by atoms with E-state index in [0.717, 1.165) is 6.26 Å². The van der Waals surface area contributed by atoms with Crippen LogP contribution < -0.4 is 11.5 Å². The molecule has 0 aliphatic carbocycles. The van der Waals surface area contributed by atoms with Crippen molar-refractivity contribution in [1.29, 1.82) is 0 Å². The zero-order chi connectivity index (χ0) is 13.1. The van der Waals surface area contributed by atoms with Gasteiger partial charge in [-0.05, 0) is 12.1 Å². The quantitative estimate of drug-likeness (QED) is 0.409. The molecule has 0 aromatic carbocycles. The van der Waals surface area contributed by atoms with Crippen molar-refractivity contribution in [2.45, 2.75) is 6.54 Å². The molecule has 0 amide bonds. The minimum atomic E-state index is -3.87. The predicted molar refractivity (Wildman–Crippen MR) is 58.5 cm³/mol. The van der Waals surface area contributed by atoms with Crippen molar-refractivity contribution >= 4 is 22.0 Å². The molecular formula is C8H11N3O5S. The summed E-state index contributed by atoms with van der Waals surface area (Å²) in [5.74, 6) is -1.15. The van der Waals surface area contributed by atoms with E-state index in [9.17, 15) is 13.2 Å². The van der Waals surface area contributed by atoms with Crippen LogP contribution in [0.15, 0.2) is 21.5 Å². The smallest absolute Gasteiger partial charge is 0.389 e. The zero-order valence-corrected chi connectivity index (χ0v) is 9.73. The molecule has 4 N–H and O–H groups in total. The summed E-state index contributed by atoms with van der Waals surface area (Å²) < 4.78 is 30.5. The van der Waals surface area contributed by atoms with Gasteiger partial charge >= 0.3 is 16.1 Å². The van der Waals surface area contributed by atoms with Gasteiger partial charge in [-0.3, -0.25) is 0 Å². The lowest BCUT2D eigenvalue weighted by atomic mass is 10.4. The van der Waals surface area contributed by atoms with Gasteiger partial charge < -0.3 is 20.1 Å². The zero-order valence-electron chi connectivity index (χ0n) is 8.91. The Balaban J connectivity index is 2.75. The highest BCUT2D eigenvalue weighted by Crippen LogP contribution is 2.11.